The number of carbonyl (C=O) groups is 2. The lowest BCUT2D eigenvalue weighted by molar-refractivity contribution is -0.140. The van der Waals surface area contributed by atoms with E-state index in [2.05, 4.69) is 0 Å². The fourth-order valence-corrected chi connectivity index (χ4v) is 2.60. The number of amides is 2. The van der Waals surface area contributed by atoms with Gasteiger partial charge < -0.3 is 19.3 Å². The molecule has 0 radical (unpaired) electrons. The highest BCUT2D eigenvalue weighted by atomic mass is 35.5. The monoisotopic (exact) mass is 354 g/mol. The Morgan fingerprint density at radius 2 is 1.54 bits per heavy atom. The fourth-order valence-electron chi connectivity index (χ4n) is 2.46. The lowest BCUT2D eigenvalue weighted by atomic mass is 10.3. The van der Waals surface area contributed by atoms with Crippen LogP contribution in [0.25, 0.3) is 0 Å². The minimum Gasteiger partial charge on any atom is -0.494 e. The highest BCUT2D eigenvalue weighted by Crippen LogP contribution is 2.17. The molecular weight excluding hydrogens is 332 g/mol. The molecule has 0 bridgehead atoms. The van der Waals surface area contributed by atoms with Crippen molar-refractivity contribution in [2.75, 3.05) is 39.4 Å². The highest BCUT2D eigenvalue weighted by molar-refractivity contribution is 6.30. The molecule has 0 aromatic heterocycles. The van der Waals surface area contributed by atoms with Gasteiger partial charge in [0.1, 0.15) is 16.9 Å². The van der Waals surface area contributed by atoms with Gasteiger partial charge in [0.2, 0.25) is 5.91 Å². The first-order chi connectivity index (χ1) is 11.5. The van der Waals surface area contributed by atoms with Crippen molar-refractivity contribution < 1.29 is 19.1 Å². The smallest absolute Gasteiger partial charge is 0.260 e. The van der Waals surface area contributed by atoms with Crippen LogP contribution < -0.4 is 9.47 Å². The van der Waals surface area contributed by atoms with Gasteiger partial charge in [-0.1, -0.05) is 0 Å². The molecule has 132 valence electrons. The van der Waals surface area contributed by atoms with Crippen LogP contribution in [0, 0.1) is 0 Å². The van der Waals surface area contributed by atoms with Crippen molar-refractivity contribution in [3.63, 3.8) is 0 Å². The first kappa shape index (κ1) is 18.4. The Kier molecular flexibility index (Phi) is 6.73. The molecule has 1 atom stereocenters. The summed E-state index contributed by atoms with van der Waals surface area (Å²) in [5.41, 5.74) is 0. The topological polar surface area (TPSA) is 59.1 Å². The van der Waals surface area contributed by atoms with Gasteiger partial charge in [0.05, 0.1) is 6.61 Å². The van der Waals surface area contributed by atoms with Crippen LogP contribution >= 0.6 is 11.6 Å². The predicted molar refractivity (Wildman–Crippen MR) is 91.6 cm³/mol. The lowest BCUT2D eigenvalue weighted by Crippen LogP contribution is -2.52. The van der Waals surface area contributed by atoms with Crippen molar-refractivity contribution in [1.29, 1.82) is 0 Å². The van der Waals surface area contributed by atoms with Crippen molar-refractivity contribution in [3.8, 4) is 11.5 Å². The van der Waals surface area contributed by atoms with Gasteiger partial charge in [0, 0.05) is 26.2 Å². The number of alkyl halides is 1. The van der Waals surface area contributed by atoms with Gasteiger partial charge in [0.25, 0.3) is 5.91 Å². The van der Waals surface area contributed by atoms with Crippen molar-refractivity contribution in [1.82, 2.24) is 9.80 Å². The molecule has 1 unspecified atom stereocenters. The Labute approximate surface area is 147 Å². The summed E-state index contributed by atoms with van der Waals surface area (Å²) >= 11 is 5.81. The molecule has 1 aliphatic heterocycles. The molecule has 0 spiro atoms. The van der Waals surface area contributed by atoms with Crippen molar-refractivity contribution >= 4 is 23.4 Å². The van der Waals surface area contributed by atoms with Gasteiger partial charge in [-0.3, -0.25) is 9.59 Å². The summed E-state index contributed by atoms with van der Waals surface area (Å²) in [5.74, 6) is 1.21. The highest BCUT2D eigenvalue weighted by Gasteiger charge is 2.26. The summed E-state index contributed by atoms with van der Waals surface area (Å²) in [6, 6.07) is 7.16. The van der Waals surface area contributed by atoms with E-state index in [9.17, 15) is 9.59 Å². The number of rotatable bonds is 6. The summed E-state index contributed by atoms with van der Waals surface area (Å²) in [6.07, 6.45) is 0. The summed E-state index contributed by atoms with van der Waals surface area (Å²) < 4.78 is 10.9. The van der Waals surface area contributed by atoms with Crippen LogP contribution in [0.3, 0.4) is 0 Å². The van der Waals surface area contributed by atoms with Crippen LogP contribution in [0.5, 0.6) is 11.5 Å². The van der Waals surface area contributed by atoms with E-state index in [1.807, 2.05) is 6.92 Å². The van der Waals surface area contributed by atoms with Gasteiger partial charge >= 0.3 is 0 Å². The molecule has 1 heterocycles. The third kappa shape index (κ3) is 5.03. The molecule has 24 heavy (non-hydrogen) atoms. The van der Waals surface area contributed by atoms with Crippen LogP contribution in [0.1, 0.15) is 13.8 Å². The zero-order chi connectivity index (χ0) is 17.5. The van der Waals surface area contributed by atoms with Gasteiger partial charge in [-0.2, -0.15) is 0 Å². The van der Waals surface area contributed by atoms with E-state index in [4.69, 9.17) is 21.1 Å². The normalized spacial score (nSPS) is 15.8. The fraction of sp³-hybridized carbons (Fsp3) is 0.529. The van der Waals surface area contributed by atoms with E-state index < -0.39 is 5.38 Å². The second kappa shape index (κ2) is 8.78. The molecule has 1 aromatic carbocycles. The Morgan fingerprint density at radius 1 is 1.04 bits per heavy atom. The van der Waals surface area contributed by atoms with Crippen LogP contribution in [-0.4, -0.2) is 66.4 Å². The Hall–Kier alpha value is -1.95. The quantitative estimate of drug-likeness (QED) is 0.730. The summed E-state index contributed by atoms with van der Waals surface area (Å²) in [6.45, 7) is 6.18. The number of nitrogens with zero attached hydrogens (tertiary/aromatic N) is 2. The SMILES string of the molecule is CCOc1ccc(OCC(=O)N2CCN(C(=O)C(C)Cl)CC2)cc1. The first-order valence-electron chi connectivity index (χ1n) is 8.07. The zero-order valence-corrected chi connectivity index (χ0v) is 14.8. The van der Waals surface area contributed by atoms with Crippen LogP contribution in [0.2, 0.25) is 0 Å². The average Bonchev–Trinajstić information content (AvgIpc) is 2.60. The molecular formula is C17H23ClN2O4. The number of hydrogen-bond acceptors (Lipinski definition) is 4. The Balaban J connectivity index is 1.76. The van der Waals surface area contributed by atoms with Gasteiger partial charge in [-0.25, -0.2) is 0 Å². The van der Waals surface area contributed by atoms with Gasteiger partial charge in [0.15, 0.2) is 6.61 Å². The number of ether oxygens (including phenoxy) is 2. The molecule has 1 aromatic rings. The molecule has 6 nitrogen and oxygen atoms in total. The largest absolute Gasteiger partial charge is 0.494 e. The van der Waals surface area contributed by atoms with Crippen molar-refractivity contribution in [3.05, 3.63) is 24.3 Å². The van der Waals surface area contributed by atoms with E-state index in [0.717, 1.165) is 5.75 Å². The maximum absolute atomic E-state index is 12.2. The zero-order valence-electron chi connectivity index (χ0n) is 14.0. The molecule has 2 rings (SSSR count). The summed E-state index contributed by atoms with van der Waals surface area (Å²) in [5, 5.41) is -0.532. The molecule has 7 heteroatoms. The second-order valence-electron chi connectivity index (χ2n) is 5.52. The molecule has 1 aliphatic rings. The van der Waals surface area contributed by atoms with Crippen LogP contribution in [0.4, 0.5) is 0 Å². The molecule has 0 aliphatic carbocycles. The van der Waals surface area contributed by atoms with Crippen molar-refractivity contribution in [2.24, 2.45) is 0 Å². The molecule has 1 fully saturated rings. The summed E-state index contributed by atoms with van der Waals surface area (Å²) in [4.78, 5) is 27.4. The number of halogens is 1. The lowest BCUT2D eigenvalue weighted by Gasteiger charge is -2.35. The van der Waals surface area contributed by atoms with E-state index in [1.165, 1.54) is 0 Å². The van der Waals surface area contributed by atoms with Crippen LogP contribution in [0.15, 0.2) is 24.3 Å². The van der Waals surface area contributed by atoms with Crippen molar-refractivity contribution in [2.45, 2.75) is 19.2 Å². The minimum atomic E-state index is -0.532. The maximum atomic E-state index is 12.2. The van der Waals surface area contributed by atoms with E-state index >= 15 is 0 Å². The minimum absolute atomic E-state index is 0.0200. The second-order valence-corrected chi connectivity index (χ2v) is 6.17. The molecule has 0 N–H and O–H groups in total. The van der Waals surface area contributed by atoms with Crippen LogP contribution in [-0.2, 0) is 9.59 Å². The Morgan fingerprint density at radius 3 is 2.04 bits per heavy atom. The molecule has 0 saturated carbocycles. The van der Waals surface area contributed by atoms with E-state index in [0.29, 0.717) is 38.5 Å². The van der Waals surface area contributed by atoms with E-state index in [-0.39, 0.29) is 18.4 Å². The summed E-state index contributed by atoms with van der Waals surface area (Å²) in [7, 11) is 0. The Bertz CT molecular complexity index is 554. The number of benzene rings is 1. The van der Waals surface area contributed by atoms with E-state index in [1.54, 1.807) is 41.0 Å². The van der Waals surface area contributed by atoms with Gasteiger partial charge in [-0.15, -0.1) is 11.6 Å². The number of piperazine rings is 1. The van der Waals surface area contributed by atoms with Gasteiger partial charge in [-0.05, 0) is 38.1 Å². The molecule has 1 saturated heterocycles. The average molecular weight is 355 g/mol. The first-order valence-corrected chi connectivity index (χ1v) is 8.51. The third-order valence-corrected chi connectivity index (χ3v) is 3.97. The third-order valence-electron chi connectivity index (χ3n) is 3.78. The predicted octanol–water partition coefficient (Wildman–Crippen LogP) is 1.76. The number of carbonyl (C=O) groups excluding carboxylic acids is 2. The molecule has 2 amide bonds. The maximum Gasteiger partial charge on any atom is 0.260 e. The number of hydrogen-bond donors (Lipinski definition) is 0. The standard InChI is InChI=1S/C17H23ClN2O4/c1-3-23-14-4-6-15(7-5-14)24-12-16(21)19-8-10-20(11-9-19)17(22)13(2)18/h4-7,13H,3,8-12H2,1-2H3.